The van der Waals surface area contributed by atoms with Gasteiger partial charge in [-0.2, -0.15) is 0 Å². The molecule has 0 amide bonds. The molecule has 1 aromatic carbocycles. The molecular weight excluding hydrogens is 256 g/mol. The number of hydrogen-bond acceptors (Lipinski definition) is 2. The second-order valence-corrected chi connectivity index (χ2v) is 3.47. The third kappa shape index (κ3) is 2.16. The highest BCUT2D eigenvalue weighted by Gasteiger charge is 2.15. The van der Waals surface area contributed by atoms with Crippen molar-refractivity contribution in [2.24, 2.45) is 0 Å². The van der Waals surface area contributed by atoms with Crippen LogP contribution in [0.3, 0.4) is 0 Å². The molecule has 0 radical (unpaired) electrons. The van der Waals surface area contributed by atoms with E-state index in [-0.39, 0.29) is 16.6 Å². The van der Waals surface area contributed by atoms with Gasteiger partial charge >= 0.3 is 0 Å². The summed E-state index contributed by atoms with van der Waals surface area (Å²) < 4.78 is 25.8. The van der Waals surface area contributed by atoms with Gasteiger partial charge in [-0.1, -0.05) is 0 Å². The predicted molar refractivity (Wildman–Crippen MR) is 52.3 cm³/mol. The Hall–Kier alpha value is -0.810. The van der Waals surface area contributed by atoms with Gasteiger partial charge in [-0.3, -0.25) is 4.79 Å². The fourth-order valence-electron chi connectivity index (χ4n) is 0.997. The summed E-state index contributed by atoms with van der Waals surface area (Å²) in [5.41, 5.74) is -0.118. The molecule has 0 aliphatic heterocycles. The zero-order valence-electron chi connectivity index (χ0n) is 7.40. The maximum atomic E-state index is 13.3. The fourth-order valence-corrected chi connectivity index (χ4v) is 1.34. The molecule has 0 heterocycles. The molecule has 0 saturated carbocycles. The van der Waals surface area contributed by atoms with E-state index in [2.05, 4.69) is 21.2 Å². The first-order chi connectivity index (χ1) is 6.57. The SMILES string of the molecule is CNCC(=O)c1ccc(F)c(Br)c1F. The number of Topliss-reactive ketones (excluding diaryl/α,β-unsaturated/α-hetero) is 1. The summed E-state index contributed by atoms with van der Waals surface area (Å²) in [7, 11) is 1.58. The van der Waals surface area contributed by atoms with E-state index in [1.807, 2.05) is 0 Å². The molecule has 5 heteroatoms. The first-order valence-electron chi connectivity index (χ1n) is 3.89. The number of ketones is 1. The van der Waals surface area contributed by atoms with Gasteiger partial charge in [-0.15, -0.1) is 0 Å². The zero-order valence-corrected chi connectivity index (χ0v) is 8.99. The normalized spacial score (nSPS) is 10.3. The highest BCUT2D eigenvalue weighted by atomic mass is 79.9. The molecule has 0 aliphatic rings. The van der Waals surface area contributed by atoms with Crippen LogP contribution in [0.1, 0.15) is 10.4 Å². The van der Waals surface area contributed by atoms with Crippen molar-refractivity contribution < 1.29 is 13.6 Å². The molecule has 0 aromatic heterocycles. The molecule has 0 spiro atoms. The first kappa shape index (κ1) is 11.3. The lowest BCUT2D eigenvalue weighted by atomic mass is 10.1. The minimum Gasteiger partial charge on any atom is -0.313 e. The Morgan fingerprint density at radius 1 is 1.50 bits per heavy atom. The van der Waals surface area contributed by atoms with Crippen molar-refractivity contribution >= 4 is 21.7 Å². The molecule has 0 unspecified atom stereocenters. The van der Waals surface area contributed by atoms with Gasteiger partial charge in [-0.25, -0.2) is 8.78 Å². The average molecular weight is 264 g/mol. The van der Waals surface area contributed by atoms with E-state index >= 15 is 0 Å². The van der Waals surface area contributed by atoms with Crippen molar-refractivity contribution in [3.63, 3.8) is 0 Å². The summed E-state index contributed by atoms with van der Waals surface area (Å²) in [5.74, 6) is -1.99. The number of carbonyl (C=O) groups excluding carboxylic acids is 1. The monoisotopic (exact) mass is 263 g/mol. The number of hydrogen-bond donors (Lipinski definition) is 1. The largest absolute Gasteiger partial charge is 0.313 e. The van der Waals surface area contributed by atoms with Crippen molar-refractivity contribution in [3.8, 4) is 0 Å². The smallest absolute Gasteiger partial charge is 0.179 e. The van der Waals surface area contributed by atoms with Crippen LogP contribution in [0.25, 0.3) is 0 Å². The third-order valence-electron chi connectivity index (χ3n) is 1.67. The lowest BCUT2D eigenvalue weighted by molar-refractivity contribution is 0.0989. The molecule has 0 bridgehead atoms. The van der Waals surface area contributed by atoms with Crippen LogP contribution in [-0.4, -0.2) is 19.4 Å². The number of likely N-dealkylation sites (N-methyl/N-ethyl adjacent to an activating group) is 1. The third-order valence-corrected chi connectivity index (χ3v) is 2.40. The van der Waals surface area contributed by atoms with Crippen molar-refractivity contribution in [1.82, 2.24) is 5.32 Å². The van der Waals surface area contributed by atoms with E-state index in [9.17, 15) is 13.6 Å². The van der Waals surface area contributed by atoms with Crippen LogP contribution in [0.2, 0.25) is 0 Å². The summed E-state index contributed by atoms with van der Waals surface area (Å²) in [6.07, 6.45) is 0. The second-order valence-electron chi connectivity index (χ2n) is 2.68. The van der Waals surface area contributed by atoms with Gasteiger partial charge in [-0.05, 0) is 35.1 Å². The maximum absolute atomic E-state index is 13.3. The minimum absolute atomic E-state index is 0.0228. The standard InChI is InChI=1S/C9H8BrF2NO/c1-13-4-7(14)5-2-3-6(11)8(10)9(5)12/h2-3,13H,4H2,1H3. The van der Waals surface area contributed by atoms with E-state index in [1.54, 1.807) is 7.05 Å². The van der Waals surface area contributed by atoms with Crippen molar-refractivity contribution in [2.75, 3.05) is 13.6 Å². The number of nitrogens with one attached hydrogen (secondary N) is 1. The summed E-state index contributed by atoms with van der Waals surface area (Å²) in [4.78, 5) is 11.3. The molecule has 0 saturated heterocycles. The summed E-state index contributed by atoms with van der Waals surface area (Å²) >= 11 is 2.73. The topological polar surface area (TPSA) is 29.1 Å². The van der Waals surface area contributed by atoms with Crippen LogP contribution in [0.5, 0.6) is 0 Å². The average Bonchev–Trinajstić information content (AvgIpc) is 2.15. The van der Waals surface area contributed by atoms with Crippen LogP contribution in [-0.2, 0) is 0 Å². The molecule has 14 heavy (non-hydrogen) atoms. The molecular formula is C9H8BrF2NO. The number of rotatable bonds is 3. The van der Waals surface area contributed by atoms with Gasteiger partial charge in [0.15, 0.2) is 11.6 Å². The minimum atomic E-state index is -0.856. The van der Waals surface area contributed by atoms with Gasteiger partial charge < -0.3 is 5.32 Å². The fraction of sp³-hybridized carbons (Fsp3) is 0.222. The molecule has 1 N–H and O–H groups in total. The molecule has 76 valence electrons. The Kier molecular flexibility index (Phi) is 3.71. The van der Waals surface area contributed by atoms with Crippen LogP contribution in [0.15, 0.2) is 16.6 Å². The van der Waals surface area contributed by atoms with E-state index in [0.717, 1.165) is 12.1 Å². The molecule has 1 rings (SSSR count). The van der Waals surface area contributed by atoms with Crippen molar-refractivity contribution in [2.45, 2.75) is 0 Å². The van der Waals surface area contributed by atoms with Crippen LogP contribution < -0.4 is 5.32 Å². The highest BCUT2D eigenvalue weighted by Crippen LogP contribution is 2.22. The maximum Gasteiger partial charge on any atom is 0.179 e. The van der Waals surface area contributed by atoms with Gasteiger partial charge in [0.2, 0.25) is 0 Å². The summed E-state index contributed by atoms with van der Waals surface area (Å²) in [6.45, 7) is 0.0228. The van der Waals surface area contributed by atoms with Crippen molar-refractivity contribution in [1.29, 1.82) is 0 Å². The van der Waals surface area contributed by atoms with Gasteiger partial charge in [0.25, 0.3) is 0 Å². The quantitative estimate of drug-likeness (QED) is 0.669. The van der Waals surface area contributed by atoms with Crippen LogP contribution in [0, 0.1) is 11.6 Å². The van der Waals surface area contributed by atoms with Gasteiger partial charge in [0.05, 0.1) is 16.6 Å². The first-order valence-corrected chi connectivity index (χ1v) is 4.68. The van der Waals surface area contributed by atoms with E-state index in [1.165, 1.54) is 0 Å². The van der Waals surface area contributed by atoms with Gasteiger partial charge in [0, 0.05) is 0 Å². The molecule has 0 aliphatic carbocycles. The number of benzene rings is 1. The van der Waals surface area contributed by atoms with E-state index in [4.69, 9.17) is 0 Å². The predicted octanol–water partition coefficient (Wildman–Crippen LogP) is 2.13. The van der Waals surface area contributed by atoms with E-state index < -0.39 is 17.4 Å². The molecule has 0 fully saturated rings. The zero-order chi connectivity index (χ0) is 10.7. The molecule has 2 nitrogen and oxygen atoms in total. The highest BCUT2D eigenvalue weighted by molar-refractivity contribution is 9.10. The Morgan fingerprint density at radius 2 is 2.14 bits per heavy atom. The summed E-state index contributed by atoms with van der Waals surface area (Å²) in [6, 6.07) is 2.19. The summed E-state index contributed by atoms with van der Waals surface area (Å²) in [5, 5.41) is 2.60. The second kappa shape index (κ2) is 4.61. The van der Waals surface area contributed by atoms with Gasteiger partial charge in [0.1, 0.15) is 5.82 Å². The Balaban J connectivity index is 3.11. The Labute approximate surface area is 88.4 Å². The number of carbonyl (C=O) groups is 1. The van der Waals surface area contributed by atoms with Crippen molar-refractivity contribution in [3.05, 3.63) is 33.8 Å². The molecule has 1 aromatic rings. The van der Waals surface area contributed by atoms with Crippen LogP contribution >= 0.6 is 15.9 Å². The lowest BCUT2D eigenvalue weighted by Crippen LogP contribution is -2.19. The number of halogens is 3. The Morgan fingerprint density at radius 3 is 2.71 bits per heavy atom. The molecule has 0 atom stereocenters. The van der Waals surface area contributed by atoms with E-state index in [0.29, 0.717) is 0 Å². The lowest BCUT2D eigenvalue weighted by Gasteiger charge is -2.03. The Bertz CT molecular complexity index is 368. The van der Waals surface area contributed by atoms with Crippen LogP contribution in [0.4, 0.5) is 8.78 Å².